The molecule has 108 valence electrons. The van der Waals surface area contributed by atoms with Crippen LogP contribution in [0.3, 0.4) is 0 Å². The summed E-state index contributed by atoms with van der Waals surface area (Å²) in [5.41, 5.74) is 4.59. The van der Waals surface area contributed by atoms with Gasteiger partial charge in [0.2, 0.25) is 0 Å². The molecule has 1 N–H and O–H groups in total. The second-order valence-corrected chi connectivity index (χ2v) is 6.97. The summed E-state index contributed by atoms with van der Waals surface area (Å²) in [6, 6.07) is 7.29. The molecule has 0 spiro atoms. The van der Waals surface area contributed by atoms with Crippen LogP contribution in [0.15, 0.2) is 18.2 Å². The van der Waals surface area contributed by atoms with E-state index >= 15 is 0 Å². The first-order valence-corrected chi connectivity index (χ1v) is 7.56. The topological polar surface area (TPSA) is 12.0 Å². The Balaban J connectivity index is 2.94. The molecule has 1 heteroatoms. The fraction of sp³-hybridized carbons (Fsp3) is 0.667. The average molecular weight is 261 g/mol. The molecule has 0 amide bonds. The molecule has 1 nitrogen and oxygen atoms in total. The molecular weight excluding hydrogens is 230 g/mol. The zero-order valence-electron chi connectivity index (χ0n) is 13.8. The van der Waals surface area contributed by atoms with Crippen LogP contribution in [0.4, 0.5) is 0 Å². The van der Waals surface area contributed by atoms with Crippen molar-refractivity contribution < 1.29 is 0 Å². The van der Waals surface area contributed by atoms with E-state index < -0.39 is 0 Å². The van der Waals surface area contributed by atoms with Crippen molar-refractivity contribution in [1.82, 2.24) is 5.32 Å². The molecule has 0 aliphatic carbocycles. The van der Waals surface area contributed by atoms with Crippen molar-refractivity contribution in [2.45, 2.75) is 60.9 Å². The van der Waals surface area contributed by atoms with Crippen molar-refractivity contribution in [3.8, 4) is 0 Å². The van der Waals surface area contributed by atoms with Crippen LogP contribution in [0.25, 0.3) is 0 Å². The Bertz CT molecular complexity index is 401. The van der Waals surface area contributed by atoms with Gasteiger partial charge in [-0.05, 0) is 49.3 Å². The molecular formula is C18H31N. The van der Waals surface area contributed by atoms with E-state index in [1.54, 1.807) is 0 Å². The number of hydrogen-bond donors (Lipinski definition) is 1. The summed E-state index contributed by atoms with van der Waals surface area (Å²) >= 11 is 0. The molecule has 2 unspecified atom stereocenters. The molecule has 0 aliphatic rings. The molecule has 0 heterocycles. The predicted molar refractivity (Wildman–Crippen MR) is 85.6 cm³/mol. The minimum atomic E-state index is 0.367. The van der Waals surface area contributed by atoms with Gasteiger partial charge in [-0.3, -0.25) is 0 Å². The average Bonchev–Trinajstić information content (AvgIpc) is 2.27. The number of hydrogen-bond acceptors (Lipinski definition) is 1. The molecule has 0 fully saturated rings. The van der Waals surface area contributed by atoms with Gasteiger partial charge in [0.1, 0.15) is 0 Å². The lowest BCUT2D eigenvalue weighted by Crippen LogP contribution is -2.28. The lowest BCUT2D eigenvalue weighted by atomic mass is 9.77. The molecule has 1 aromatic rings. The maximum Gasteiger partial charge on any atom is 0.0325 e. The quantitative estimate of drug-likeness (QED) is 0.784. The second kappa shape index (κ2) is 6.56. The van der Waals surface area contributed by atoms with Crippen LogP contribution in [0.1, 0.15) is 63.8 Å². The van der Waals surface area contributed by atoms with E-state index in [0.29, 0.717) is 17.4 Å². The number of aryl methyl sites for hydroxylation is 2. The van der Waals surface area contributed by atoms with Gasteiger partial charge in [0.25, 0.3) is 0 Å². The van der Waals surface area contributed by atoms with Crippen molar-refractivity contribution in [3.63, 3.8) is 0 Å². The zero-order chi connectivity index (χ0) is 14.6. The van der Waals surface area contributed by atoms with E-state index in [1.807, 2.05) is 0 Å². The minimum Gasteiger partial charge on any atom is -0.310 e. The Labute approximate surface area is 119 Å². The Kier molecular flexibility index (Phi) is 5.61. The third kappa shape index (κ3) is 4.65. The zero-order valence-corrected chi connectivity index (χ0v) is 13.8. The van der Waals surface area contributed by atoms with Crippen molar-refractivity contribution >= 4 is 0 Å². The van der Waals surface area contributed by atoms with E-state index in [2.05, 4.69) is 72.0 Å². The molecule has 0 saturated heterocycles. The molecule has 0 aliphatic heterocycles. The van der Waals surface area contributed by atoms with Crippen molar-refractivity contribution in [2.24, 2.45) is 11.3 Å². The summed E-state index contributed by atoms with van der Waals surface area (Å²) in [4.78, 5) is 0. The smallest absolute Gasteiger partial charge is 0.0325 e. The molecule has 19 heavy (non-hydrogen) atoms. The summed E-state index contributed by atoms with van der Waals surface area (Å²) in [7, 11) is 0. The number of rotatable bonds is 5. The van der Waals surface area contributed by atoms with E-state index in [-0.39, 0.29) is 0 Å². The first kappa shape index (κ1) is 16.2. The molecule has 0 bridgehead atoms. The largest absolute Gasteiger partial charge is 0.310 e. The fourth-order valence-corrected chi connectivity index (χ4v) is 2.49. The maximum atomic E-state index is 3.66. The van der Waals surface area contributed by atoms with Gasteiger partial charge in [0, 0.05) is 6.04 Å². The Morgan fingerprint density at radius 1 is 1.16 bits per heavy atom. The highest BCUT2D eigenvalue weighted by Gasteiger charge is 2.24. The summed E-state index contributed by atoms with van der Waals surface area (Å²) in [5.74, 6) is 0.692. The number of nitrogens with one attached hydrogen (secondary N) is 1. The summed E-state index contributed by atoms with van der Waals surface area (Å²) in [6.45, 7) is 17.0. The molecule has 1 aromatic carbocycles. The normalized spacial score (nSPS) is 15.3. The molecule has 1 rings (SSSR count). The van der Waals surface area contributed by atoms with Crippen LogP contribution in [-0.4, -0.2) is 6.54 Å². The lowest BCUT2D eigenvalue weighted by molar-refractivity contribution is 0.223. The van der Waals surface area contributed by atoms with Crippen LogP contribution in [0.2, 0.25) is 0 Å². The van der Waals surface area contributed by atoms with E-state index in [1.165, 1.54) is 23.1 Å². The van der Waals surface area contributed by atoms with Crippen molar-refractivity contribution in [1.29, 1.82) is 0 Å². The lowest BCUT2D eigenvalue weighted by Gasteiger charge is -2.32. The maximum absolute atomic E-state index is 3.66. The SMILES string of the molecule is CCNC(CC(C)C(C)(C)C)c1ccc(C)cc1C. The fourth-order valence-electron chi connectivity index (χ4n) is 2.49. The van der Waals surface area contributed by atoms with Crippen LogP contribution >= 0.6 is 0 Å². The van der Waals surface area contributed by atoms with Gasteiger partial charge in [0.05, 0.1) is 0 Å². The Morgan fingerprint density at radius 2 is 1.79 bits per heavy atom. The van der Waals surface area contributed by atoms with Gasteiger partial charge in [-0.2, -0.15) is 0 Å². The van der Waals surface area contributed by atoms with E-state index in [4.69, 9.17) is 0 Å². The third-order valence-electron chi connectivity index (χ3n) is 4.32. The minimum absolute atomic E-state index is 0.367. The third-order valence-corrected chi connectivity index (χ3v) is 4.32. The summed E-state index contributed by atoms with van der Waals surface area (Å²) < 4.78 is 0. The Hall–Kier alpha value is -0.820. The highest BCUT2D eigenvalue weighted by molar-refractivity contribution is 5.32. The van der Waals surface area contributed by atoms with Crippen LogP contribution < -0.4 is 5.32 Å². The molecule has 0 saturated carbocycles. The first-order chi connectivity index (χ1) is 8.75. The van der Waals surface area contributed by atoms with Crippen molar-refractivity contribution in [2.75, 3.05) is 6.54 Å². The second-order valence-electron chi connectivity index (χ2n) is 6.97. The van der Waals surface area contributed by atoms with E-state index in [9.17, 15) is 0 Å². The predicted octanol–water partition coefficient (Wildman–Crippen LogP) is 5.03. The van der Waals surface area contributed by atoms with Crippen molar-refractivity contribution in [3.05, 3.63) is 34.9 Å². The molecule has 0 radical (unpaired) electrons. The molecule has 2 atom stereocenters. The molecule has 0 aromatic heterocycles. The highest BCUT2D eigenvalue weighted by Crippen LogP contribution is 2.34. The van der Waals surface area contributed by atoms with Gasteiger partial charge in [-0.25, -0.2) is 0 Å². The van der Waals surface area contributed by atoms with Gasteiger partial charge < -0.3 is 5.32 Å². The van der Waals surface area contributed by atoms with Crippen LogP contribution in [0.5, 0.6) is 0 Å². The van der Waals surface area contributed by atoms with E-state index in [0.717, 1.165) is 6.54 Å². The summed E-state index contributed by atoms with van der Waals surface area (Å²) in [5, 5.41) is 3.66. The number of benzene rings is 1. The van der Waals surface area contributed by atoms with Gasteiger partial charge in [0.15, 0.2) is 0 Å². The van der Waals surface area contributed by atoms with Crippen LogP contribution in [0, 0.1) is 25.2 Å². The van der Waals surface area contributed by atoms with Gasteiger partial charge in [-0.1, -0.05) is 58.4 Å². The van der Waals surface area contributed by atoms with Crippen LogP contribution in [-0.2, 0) is 0 Å². The van der Waals surface area contributed by atoms with Gasteiger partial charge >= 0.3 is 0 Å². The van der Waals surface area contributed by atoms with Gasteiger partial charge in [-0.15, -0.1) is 0 Å². The summed E-state index contributed by atoms with van der Waals surface area (Å²) in [6.07, 6.45) is 1.20. The highest BCUT2D eigenvalue weighted by atomic mass is 14.9. The first-order valence-electron chi connectivity index (χ1n) is 7.56. The standard InChI is InChI=1S/C18H31N/c1-8-19-17(12-15(4)18(5,6)7)16-10-9-13(2)11-14(16)3/h9-11,15,17,19H,8,12H2,1-7H3. The monoisotopic (exact) mass is 261 g/mol. The Morgan fingerprint density at radius 3 is 2.26 bits per heavy atom.